The van der Waals surface area contributed by atoms with Crippen LogP contribution in [-0.2, 0) is 0 Å². The van der Waals surface area contributed by atoms with E-state index in [-0.39, 0.29) is 6.04 Å². The van der Waals surface area contributed by atoms with Gasteiger partial charge in [0.25, 0.3) is 0 Å². The van der Waals surface area contributed by atoms with Crippen molar-refractivity contribution in [3.63, 3.8) is 0 Å². The van der Waals surface area contributed by atoms with Crippen LogP contribution in [0.2, 0.25) is 10.0 Å². The Morgan fingerprint density at radius 3 is 2.68 bits per heavy atom. The van der Waals surface area contributed by atoms with E-state index in [9.17, 15) is 0 Å². The molecule has 2 aromatic rings. The van der Waals surface area contributed by atoms with Crippen molar-refractivity contribution in [2.45, 2.75) is 24.8 Å². The summed E-state index contributed by atoms with van der Waals surface area (Å²) in [5, 5.41) is 4.18. The third kappa shape index (κ3) is 3.51. The first-order chi connectivity index (χ1) is 10.6. The standard InChI is InChI=1S/C16H16Cl2N4/c17-13-5-4-10(9-14(13)18)11-7-12(8-11)21-16(19)22-15-3-1-2-6-20-15/h1-6,9,11-12H,7-8H2,(H3,19,20,21,22). The Labute approximate surface area is 139 Å². The number of halogens is 2. The zero-order valence-corrected chi connectivity index (χ0v) is 13.3. The summed E-state index contributed by atoms with van der Waals surface area (Å²) in [5.41, 5.74) is 7.11. The van der Waals surface area contributed by atoms with Crippen LogP contribution in [0, 0.1) is 0 Å². The van der Waals surface area contributed by atoms with Crippen LogP contribution in [0.15, 0.2) is 47.6 Å². The van der Waals surface area contributed by atoms with Crippen LogP contribution < -0.4 is 11.1 Å². The minimum Gasteiger partial charge on any atom is -0.370 e. The third-order valence-electron chi connectivity index (χ3n) is 3.77. The third-order valence-corrected chi connectivity index (χ3v) is 4.51. The first-order valence-electron chi connectivity index (χ1n) is 7.08. The summed E-state index contributed by atoms with van der Waals surface area (Å²) in [7, 11) is 0. The molecule has 0 bridgehead atoms. The number of aliphatic imine (C=N–C) groups is 1. The molecular weight excluding hydrogens is 319 g/mol. The van der Waals surface area contributed by atoms with Gasteiger partial charge in [-0.05, 0) is 48.6 Å². The van der Waals surface area contributed by atoms with Crippen molar-refractivity contribution in [1.82, 2.24) is 4.98 Å². The van der Waals surface area contributed by atoms with Crippen molar-refractivity contribution in [2.24, 2.45) is 10.7 Å². The van der Waals surface area contributed by atoms with Gasteiger partial charge in [0.15, 0.2) is 5.96 Å². The molecule has 0 spiro atoms. The van der Waals surface area contributed by atoms with Crippen molar-refractivity contribution in [3.8, 4) is 0 Å². The number of nitrogens with zero attached hydrogens (tertiary/aromatic N) is 2. The summed E-state index contributed by atoms with van der Waals surface area (Å²) in [4.78, 5) is 8.63. The minimum atomic E-state index is 0.232. The summed E-state index contributed by atoms with van der Waals surface area (Å²) < 4.78 is 0. The molecule has 1 aliphatic carbocycles. The zero-order chi connectivity index (χ0) is 15.5. The fourth-order valence-corrected chi connectivity index (χ4v) is 2.84. The number of benzene rings is 1. The van der Waals surface area contributed by atoms with Gasteiger partial charge in [0, 0.05) is 6.20 Å². The van der Waals surface area contributed by atoms with Crippen LogP contribution in [0.3, 0.4) is 0 Å². The van der Waals surface area contributed by atoms with E-state index in [2.05, 4.69) is 15.3 Å². The summed E-state index contributed by atoms with van der Waals surface area (Å²) in [5.74, 6) is 1.56. The molecular formula is C16H16Cl2N4. The molecule has 0 aliphatic heterocycles. The van der Waals surface area contributed by atoms with Crippen molar-refractivity contribution in [1.29, 1.82) is 0 Å². The first kappa shape index (κ1) is 15.1. The van der Waals surface area contributed by atoms with Gasteiger partial charge in [0.2, 0.25) is 0 Å². The molecule has 1 aliphatic rings. The summed E-state index contributed by atoms with van der Waals surface area (Å²) in [6.45, 7) is 0. The highest BCUT2D eigenvalue weighted by molar-refractivity contribution is 6.42. The molecule has 0 radical (unpaired) electrons. The largest absolute Gasteiger partial charge is 0.370 e. The van der Waals surface area contributed by atoms with Gasteiger partial charge < -0.3 is 11.1 Å². The molecule has 22 heavy (non-hydrogen) atoms. The molecule has 4 nitrogen and oxygen atoms in total. The molecule has 1 saturated carbocycles. The fraction of sp³-hybridized carbons (Fsp3) is 0.250. The van der Waals surface area contributed by atoms with Crippen molar-refractivity contribution in [2.75, 3.05) is 5.32 Å². The summed E-state index contributed by atoms with van der Waals surface area (Å²) in [6.07, 6.45) is 3.63. The SMILES string of the molecule is NC(=NC1CC(c2ccc(Cl)c(Cl)c2)C1)Nc1ccccn1. The van der Waals surface area contributed by atoms with E-state index < -0.39 is 0 Å². The van der Waals surface area contributed by atoms with E-state index in [0.29, 0.717) is 27.7 Å². The van der Waals surface area contributed by atoms with Gasteiger partial charge >= 0.3 is 0 Å². The number of rotatable bonds is 3. The van der Waals surface area contributed by atoms with Gasteiger partial charge in [-0.2, -0.15) is 0 Å². The molecule has 1 fully saturated rings. The lowest BCUT2D eigenvalue weighted by Gasteiger charge is -2.33. The minimum absolute atomic E-state index is 0.232. The monoisotopic (exact) mass is 334 g/mol. The Balaban J connectivity index is 1.56. The number of pyridine rings is 1. The Morgan fingerprint density at radius 2 is 2.00 bits per heavy atom. The number of hydrogen-bond acceptors (Lipinski definition) is 2. The zero-order valence-electron chi connectivity index (χ0n) is 11.8. The van der Waals surface area contributed by atoms with E-state index in [1.807, 2.05) is 36.4 Å². The van der Waals surface area contributed by atoms with Gasteiger partial charge in [-0.3, -0.25) is 0 Å². The van der Waals surface area contributed by atoms with Gasteiger partial charge in [-0.25, -0.2) is 9.98 Å². The lowest BCUT2D eigenvalue weighted by Crippen LogP contribution is -2.31. The topological polar surface area (TPSA) is 63.3 Å². The van der Waals surface area contributed by atoms with E-state index in [1.165, 1.54) is 5.56 Å². The fourth-order valence-electron chi connectivity index (χ4n) is 2.53. The second-order valence-electron chi connectivity index (χ2n) is 5.35. The molecule has 1 heterocycles. The Bertz CT molecular complexity index is 682. The first-order valence-corrected chi connectivity index (χ1v) is 7.83. The Kier molecular flexibility index (Phi) is 4.50. The molecule has 3 rings (SSSR count). The Morgan fingerprint density at radius 1 is 1.18 bits per heavy atom. The van der Waals surface area contributed by atoms with E-state index in [4.69, 9.17) is 28.9 Å². The smallest absolute Gasteiger partial charge is 0.194 e. The molecule has 1 aromatic carbocycles. The highest BCUT2D eigenvalue weighted by Gasteiger charge is 2.30. The highest BCUT2D eigenvalue weighted by Crippen LogP contribution is 2.40. The van der Waals surface area contributed by atoms with Crippen LogP contribution in [0.5, 0.6) is 0 Å². The molecule has 0 saturated heterocycles. The number of guanidine groups is 1. The van der Waals surface area contributed by atoms with Gasteiger partial charge in [0.1, 0.15) is 5.82 Å². The Hall–Kier alpha value is -1.78. The predicted molar refractivity (Wildman–Crippen MR) is 91.7 cm³/mol. The number of hydrogen-bond donors (Lipinski definition) is 2. The number of nitrogens with one attached hydrogen (secondary N) is 1. The predicted octanol–water partition coefficient (Wildman–Crippen LogP) is 4.06. The summed E-state index contributed by atoms with van der Waals surface area (Å²) in [6, 6.07) is 11.6. The molecule has 114 valence electrons. The van der Waals surface area contributed by atoms with Crippen LogP contribution in [0.4, 0.5) is 5.82 Å². The molecule has 6 heteroatoms. The van der Waals surface area contributed by atoms with E-state index in [0.717, 1.165) is 12.8 Å². The van der Waals surface area contributed by atoms with Crippen LogP contribution >= 0.6 is 23.2 Å². The highest BCUT2D eigenvalue weighted by atomic mass is 35.5. The van der Waals surface area contributed by atoms with Gasteiger partial charge in [-0.1, -0.05) is 35.3 Å². The van der Waals surface area contributed by atoms with Crippen molar-refractivity contribution < 1.29 is 0 Å². The van der Waals surface area contributed by atoms with Crippen molar-refractivity contribution in [3.05, 3.63) is 58.2 Å². The van der Waals surface area contributed by atoms with Crippen LogP contribution in [-0.4, -0.2) is 17.0 Å². The van der Waals surface area contributed by atoms with Crippen LogP contribution in [0.1, 0.15) is 24.3 Å². The lowest BCUT2D eigenvalue weighted by molar-refractivity contribution is 0.353. The van der Waals surface area contributed by atoms with Crippen LogP contribution in [0.25, 0.3) is 0 Å². The maximum absolute atomic E-state index is 6.05. The van der Waals surface area contributed by atoms with E-state index >= 15 is 0 Å². The lowest BCUT2D eigenvalue weighted by atomic mass is 9.76. The van der Waals surface area contributed by atoms with Gasteiger partial charge in [-0.15, -0.1) is 0 Å². The van der Waals surface area contributed by atoms with Crippen molar-refractivity contribution >= 4 is 35.0 Å². The molecule has 0 atom stereocenters. The molecule has 0 unspecified atom stereocenters. The quantitative estimate of drug-likeness (QED) is 0.657. The summed E-state index contributed by atoms with van der Waals surface area (Å²) >= 11 is 12.0. The average molecular weight is 335 g/mol. The normalized spacial score (nSPS) is 21.3. The number of aromatic nitrogens is 1. The van der Waals surface area contributed by atoms with Gasteiger partial charge in [0.05, 0.1) is 16.1 Å². The molecule has 0 amide bonds. The molecule has 3 N–H and O–H groups in total. The van der Waals surface area contributed by atoms with E-state index in [1.54, 1.807) is 6.20 Å². The second kappa shape index (κ2) is 6.55. The average Bonchev–Trinajstić information content (AvgIpc) is 2.47. The number of nitrogens with two attached hydrogens (primary N) is 1. The molecule has 1 aromatic heterocycles. The second-order valence-corrected chi connectivity index (χ2v) is 6.16. The number of anilines is 1. The maximum atomic E-state index is 6.05. The maximum Gasteiger partial charge on any atom is 0.194 e.